The smallest absolute Gasteiger partial charge is 0.282 e. The molecule has 1 atom stereocenters. The van der Waals surface area contributed by atoms with Gasteiger partial charge in [-0.2, -0.15) is 0 Å². The number of nitrogens with zero attached hydrogens (tertiary/aromatic N) is 1. The molecule has 1 fully saturated rings. The number of benzene rings is 2. The second-order valence-corrected chi connectivity index (χ2v) is 7.61. The lowest BCUT2D eigenvalue weighted by Gasteiger charge is -2.36. The van der Waals surface area contributed by atoms with E-state index < -0.39 is 5.82 Å². The van der Waals surface area contributed by atoms with Crippen molar-refractivity contribution in [3.8, 4) is 0 Å². The van der Waals surface area contributed by atoms with Crippen LogP contribution in [0.25, 0.3) is 0 Å². The van der Waals surface area contributed by atoms with Crippen molar-refractivity contribution >= 4 is 28.9 Å². The summed E-state index contributed by atoms with van der Waals surface area (Å²) >= 11 is 6.01. The van der Waals surface area contributed by atoms with Crippen molar-refractivity contribution in [3.63, 3.8) is 0 Å². The molecule has 2 N–H and O–H groups in total. The van der Waals surface area contributed by atoms with Crippen molar-refractivity contribution in [1.82, 2.24) is 0 Å². The fourth-order valence-electron chi connectivity index (χ4n) is 3.56. The van der Waals surface area contributed by atoms with Crippen LogP contribution in [0.15, 0.2) is 36.4 Å². The first kappa shape index (κ1) is 19.6. The highest BCUT2D eigenvalue weighted by atomic mass is 35.5. The third kappa shape index (κ3) is 4.42. The van der Waals surface area contributed by atoms with Gasteiger partial charge in [-0.1, -0.05) is 23.7 Å². The maximum absolute atomic E-state index is 13.2. The number of hydrogen-bond donors (Lipinski definition) is 2. The van der Waals surface area contributed by atoms with Crippen LogP contribution in [-0.2, 0) is 4.79 Å². The molecule has 2 aromatic rings. The summed E-state index contributed by atoms with van der Waals surface area (Å²) in [6.07, 6.45) is 0. The Morgan fingerprint density at radius 3 is 2.59 bits per heavy atom. The lowest BCUT2D eigenvalue weighted by atomic mass is 10.1. The van der Waals surface area contributed by atoms with Gasteiger partial charge in [0.1, 0.15) is 5.82 Å². The highest BCUT2D eigenvalue weighted by Gasteiger charge is 2.30. The Balaban J connectivity index is 1.60. The van der Waals surface area contributed by atoms with Crippen LogP contribution >= 0.6 is 11.6 Å². The molecule has 0 spiro atoms. The van der Waals surface area contributed by atoms with Gasteiger partial charge in [0.15, 0.2) is 6.04 Å². The number of quaternary nitrogens is 1. The van der Waals surface area contributed by atoms with Crippen LogP contribution < -0.4 is 15.1 Å². The molecular weight excluding hydrogens is 365 g/mol. The molecule has 4 nitrogen and oxygen atoms in total. The summed E-state index contributed by atoms with van der Waals surface area (Å²) in [7, 11) is 0. The Kier molecular flexibility index (Phi) is 6.02. The molecule has 0 aromatic heterocycles. The van der Waals surface area contributed by atoms with E-state index in [1.807, 2.05) is 6.92 Å². The number of aryl methyl sites for hydroxylation is 1. The van der Waals surface area contributed by atoms with Crippen molar-refractivity contribution < 1.29 is 14.1 Å². The number of piperazine rings is 1. The predicted molar refractivity (Wildman–Crippen MR) is 108 cm³/mol. The molecule has 144 valence electrons. The van der Waals surface area contributed by atoms with Crippen molar-refractivity contribution in [1.29, 1.82) is 0 Å². The minimum atomic E-state index is -0.417. The molecule has 0 unspecified atom stereocenters. The van der Waals surface area contributed by atoms with Gasteiger partial charge in [0.25, 0.3) is 5.91 Å². The molecule has 0 aliphatic carbocycles. The van der Waals surface area contributed by atoms with Gasteiger partial charge in [-0.3, -0.25) is 4.79 Å². The van der Waals surface area contributed by atoms with Crippen LogP contribution in [0.2, 0.25) is 5.02 Å². The first-order valence-electron chi connectivity index (χ1n) is 9.28. The van der Waals surface area contributed by atoms with Crippen molar-refractivity contribution in [2.24, 2.45) is 0 Å². The van der Waals surface area contributed by atoms with E-state index in [9.17, 15) is 9.18 Å². The number of amides is 1. The van der Waals surface area contributed by atoms with E-state index in [-0.39, 0.29) is 17.0 Å². The van der Waals surface area contributed by atoms with E-state index in [1.165, 1.54) is 39.9 Å². The first-order valence-corrected chi connectivity index (χ1v) is 9.66. The molecule has 1 aliphatic rings. The SMILES string of the molecule is Cc1cccc(N2CC[NH+]([C@H](C)C(=O)Nc3ccc(F)cc3Cl)CC2)c1C. The highest BCUT2D eigenvalue weighted by molar-refractivity contribution is 6.33. The zero-order chi connectivity index (χ0) is 19.6. The van der Waals surface area contributed by atoms with Gasteiger partial charge in [0.05, 0.1) is 36.9 Å². The summed E-state index contributed by atoms with van der Waals surface area (Å²) in [4.78, 5) is 16.2. The van der Waals surface area contributed by atoms with Gasteiger partial charge in [-0.25, -0.2) is 4.39 Å². The quantitative estimate of drug-likeness (QED) is 0.842. The molecule has 27 heavy (non-hydrogen) atoms. The van der Waals surface area contributed by atoms with Crippen LogP contribution in [0.4, 0.5) is 15.8 Å². The minimum Gasteiger partial charge on any atom is -0.360 e. The monoisotopic (exact) mass is 390 g/mol. The number of nitrogens with one attached hydrogen (secondary N) is 2. The Hall–Kier alpha value is -2.11. The second kappa shape index (κ2) is 8.28. The summed E-state index contributed by atoms with van der Waals surface area (Å²) in [5.41, 5.74) is 4.34. The van der Waals surface area contributed by atoms with Crippen LogP contribution in [0, 0.1) is 19.7 Å². The van der Waals surface area contributed by atoms with E-state index in [1.54, 1.807) is 0 Å². The Morgan fingerprint density at radius 1 is 1.22 bits per heavy atom. The van der Waals surface area contributed by atoms with Gasteiger partial charge in [0.2, 0.25) is 0 Å². The van der Waals surface area contributed by atoms with Crippen LogP contribution in [0.1, 0.15) is 18.1 Å². The third-order valence-electron chi connectivity index (χ3n) is 5.52. The molecule has 0 saturated carbocycles. The molecule has 0 bridgehead atoms. The fourth-order valence-corrected chi connectivity index (χ4v) is 3.78. The summed E-state index contributed by atoms with van der Waals surface area (Å²) in [6.45, 7) is 9.82. The number of rotatable bonds is 4. The van der Waals surface area contributed by atoms with E-state index in [0.29, 0.717) is 5.69 Å². The standard InChI is InChI=1S/C21H25ClFN3O/c1-14-5-4-6-20(15(14)2)26-11-9-25(10-12-26)16(3)21(27)24-19-8-7-17(23)13-18(19)22/h4-8,13,16H,9-12H2,1-3H3,(H,24,27)/p+1/t16-/m1/s1. The number of carbonyl (C=O) groups is 1. The Bertz CT molecular complexity index is 834. The minimum absolute atomic E-state index is 0.0984. The van der Waals surface area contributed by atoms with Crippen molar-refractivity contribution in [2.45, 2.75) is 26.8 Å². The van der Waals surface area contributed by atoms with Gasteiger partial charge in [-0.15, -0.1) is 0 Å². The highest BCUT2D eigenvalue weighted by Crippen LogP contribution is 2.23. The summed E-state index contributed by atoms with van der Waals surface area (Å²) in [6, 6.07) is 10.2. The first-order chi connectivity index (χ1) is 12.9. The summed E-state index contributed by atoms with van der Waals surface area (Å²) in [5, 5.41) is 3.04. The van der Waals surface area contributed by atoms with Crippen molar-refractivity contribution in [3.05, 3.63) is 58.4 Å². The van der Waals surface area contributed by atoms with Gasteiger partial charge in [-0.05, 0) is 56.2 Å². The molecule has 3 rings (SSSR count). The summed E-state index contributed by atoms with van der Waals surface area (Å²) in [5.74, 6) is -0.516. The van der Waals surface area contributed by atoms with Crippen LogP contribution in [0.5, 0.6) is 0 Å². The average Bonchev–Trinajstić information content (AvgIpc) is 2.66. The molecule has 1 saturated heterocycles. The second-order valence-electron chi connectivity index (χ2n) is 7.20. The normalized spacial score (nSPS) is 16.3. The number of hydrogen-bond acceptors (Lipinski definition) is 2. The lowest BCUT2D eigenvalue weighted by molar-refractivity contribution is -0.914. The van der Waals surface area contributed by atoms with Gasteiger partial charge in [0, 0.05) is 5.69 Å². The molecule has 1 amide bonds. The van der Waals surface area contributed by atoms with Gasteiger partial charge >= 0.3 is 0 Å². The lowest BCUT2D eigenvalue weighted by Crippen LogP contribution is -3.19. The predicted octanol–water partition coefficient (Wildman–Crippen LogP) is 2.83. The molecule has 1 aliphatic heterocycles. The molecule has 1 heterocycles. The Labute approximate surface area is 164 Å². The number of anilines is 2. The average molecular weight is 391 g/mol. The van der Waals surface area contributed by atoms with E-state index in [4.69, 9.17) is 11.6 Å². The fraction of sp³-hybridized carbons (Fsp3) is 0.381. The van der Waals surface area contributed by atoms with E-state index >= 15 is 0 Å². The van der Waals surface area contributed by atoms with Crippen LogP contribution in [-0.4, -0.2) is 38.1 Å². The largest absolute Gasteiger partial charge is 0.360 e. The zero-order valence-electron chi connectivity index (χ0n) is 16.0. The molecule has 0 radical (unpaired) electrons. The third-order valence-corrected chi connectivity index (χ3v) is 5.83. The topological polar surface area (TPSA) is 36.8 Å². The van der Waals surface area contributed by atoms with Crippen molar-refractivity contribution in [2.75, 3.05) is 36.4 Å². The van der Waals surface area contributed by atoms with Crippen LogP contribution in [0.3, 0.4) is 0 Å². The maximum atomic E-state index is 13.2. The molecule has 6 heteroatoms. The number of halogens is 2. The zero-order valence-corrected chi connectivity index (χ0v) is 16.7. The molecular formula is C21H26ClFN3O+. The summed E-state index contributed by atoms with van der Waals surface area (Å²) < 4.78 is 13.2. The Morgan fingerprint density at radius 2 is 1.93 bits per heavy atom. The maximum Gasteiger partial charge on any atom is 0.282 e. The van der Waals surface area contributed by atoms with E-state index in [2.05, 4.69) is 42.3 Å². The number of carbonyl (C=O) groups excluding carboxylic acids is 1. The molecule has 2 aromatic carbocycles. The van der Waals surface area contributed by atoms with Gasteiger partial charge < -0.3 is 15.1 Å². The van der Waals surface area contributed by atoms with E-state index in [0.717, 1.165) is 26.2 Å².